The SMILES string of the molecule is Nc1ccccc1-c1ccc(-c2cc(Br)ccc2O)c(F)c1F. The van der Waals surface area contributed by atoms with Crippen molar-refractivity contribution in [1.82, 2.24) is 0 Å². The van der Waals surface area contributed by atoms with E-state index >= 15 is 0 Å². The van der Waals surface area contributed by atoms with Gasteiger partial charge in [0.05, 0.1) is 0 Å². The first kappa shape index (κ1) is 15.5. The maximum absolute atomic E-state index is 14.5. The monoisotopic (exact) mass is 375 g/mol. The summed E-state index contributed by atoms with van der Waals surface area (Å²) in [6.07, 6.45) is 0. The van der Waals surface area contributed by atoms with Crippen LogP contribution in [-0.2, 0) is 0 Å². The standard InChI is InChI=1S/C18H12BrF2NO/c19-10-5-8-16(23)14(9-10)13-7-6-12(17(20)18(13)21)11-3-1-2-4-15(11)22/h1-9,23H,22H2. The number of phenols is 1. The van der Waals surface area contributed by atoms with Crippen molar-refractivity contribution >= 4 is 21.6 Å². The smallest absolute Gasteiger partial charge is 0.167 e. The summed E-state index contributed by atoms with van der Waals surface area (Å²) in [4.78, 5) is 0. The van der Waals surface area contributed by atoms with Crippen LogP contribution in [0.1, 0.15) is 0 Å². The fourth-order valence-corrected chi connectivity index (χ4v) is 2.79. The summed E-state index contributed by atoms with van der Waals surface area (Å²) in [5.74, 6) is -2.16. The van der Waals surface area contributed by atoms with E-state index in [1.807, 2.05) is 0 Å². The summed E-state index contributed by atoms with van der Waals surface area (Å²) in [6.45, 7) is 0. The molecule has 2 nitrogen and oxygen atoms in total. The third-order valence-electron chi connectivity index (χ3n) is 3.58. The highest BCUT2D eigenvalue weighted by Crippen LogP contribution is 2.37. The van der Waals surface area contributed by atoms with E-state index in [1.165, 1.54) is 24.3 Å². The van der Waals surface area contributed by atoms with Gasteiger partial charge in [-0.3, -0.25) is 0 Å². The zero-order valence-corrected chi connectivity index (χ0v) is 13.4. The van der Waals surface area contributed by atoms with Gasteiger partial charge in [0, 0.05) is 32.4 Å². The molecule has 5 heteroatoms. The van der Waals surface area contributed by atoms with Crippen LogP contribution in [0, 0.1) is 11.6 Å². The topological polar surface area (TPSA) is 46.2 Å². The number of halogens is 3. The number of hydrogen-bond donors (Lipinski definition) is 2. The van der Waals surface area contributed by atoms with Crippen LogP contribution in [0.3, 0.4) is 0 Å². The largest absolute Gasteiger partial charge is 0.507 e. The van der Waals surface area contributed by atoms with Gasteiger partial charge in [0.15, 0.2) is 11.6 Å². The first-order valence-electron chi connectivity index (χ1n) is 6.81. The average molecular weight is 376 g/mol. The van der Waals surface area contributed by atoms with Gasteiger partial charge in [-0.1, -0.05) is 46.3 Å². The Morgan fingerprint density at radius 2 is 1.39 bits per heavy atom. The van der Waals surface area contributed by atoms with Crippen molar-refractivity contribution in [3.8, 4) is 28.0 Å². The number of nitrogen functional groups attached to an aromatic ring is 1. The Balaban J connectivity index is 2.19. The highest BCUT2D eigenvalue weighted by molar-refractivity contribution is 9.10. The summed E-state index contributed by atoms with van der Waals surface area (Å²) < 4.78 is 29.7. The van der Waals surface area contributed by atoms with Crippen LogP contribution in [0.2, 0.25) is 0 Å². The molecule has 0 fully saturated rings. The van der Waals surface area contributed by atoms with E-state index in [-0.39, 0.29) is 22.4 Å². The highest BCUT2D eigenvalue weighted by Gasteiger charge is 2.18. The molecule has 0 aliphatic rings. The Morgan fingerprint density at radius 1 is 0.783 bits per heavy atom. The van der Waals surface area contributed by atoms with Crippen molar-refractivity contribution in [3.63, 3.8) is 0 Å². The summed E-state index contributed by atoms with van der Waals surface area (Å²) >= 11 is 3.25. The van der Waals surface area contributed by atoms with Crippen molar-refractivity contribution in [1.29, 1.82) is 0 Å². The molecular weight excluding hydrogens is 364 g/mol. The van der Waals surface area contributed by atoms with Gasteiger partial charge in [0.2, 0.25) is 0 Å². The Kier molecular flexibility index (Phi) is 4.05. The van der Waals surface area contributed by atoms with E-state index in [2.05, 4.69) is 15.9 Å². The second-order valence-electron chi connectivity index (χ2n) is 5.04. The lowest BCUT2D eigenvalue weighted by Crippen LogP contribution is -1.97. The number of hydrogen-bond acceptors (Lipinski definition) is 2. The molecule has 116 valence electrons. The number of benzene rings is 3. The van der Waals surface area contributed by atoms with E-state index < -0.39 is 11.6 Å². The summed E-state index contributed by atoms with van der Waals surface area (Å²) in [5.41, 5.74) is 6.90. The zero-order valence-electron chi connectivity index (χ0n) is 11.9. The van der Waals surface area contributed by atoms with Gasteiger partial charge < -0.3 is 10.8 Å². The normalized spacial score (nSPS) is 10.7. The summed E-state index contributed by atoms with van der Waals surface area (Å²) in [5, 5.41) is 9.90. The van der Waals surface area contributed by atoms with Gasteiger partial charge in [-0.2, -0.15) is 0 Å². The van der Waals surface area contributed by atoms with Gasteiger partial charge in [-0.25, -0.2) is 8.78 Å². The molecule has 0 unspecified atom stereocenters. The molecule has 0 saturated carbocycles. The molecule has 0 saturated heterocycles. The van der Waals surface area contributed by atoms with Gasteiger partial charge in [0.1, 0.15) is 5.75 Å². The molecule has 0 amide bonds. The van der Waals surface area contributed by atoms with Crippen LogP contribution in [0.25, 0.3) is 22.3 Å². The fraction of sp³-hybridized carbons (Fsp3) is 0. The number of nitrogens with two attached hydrogens (primary N) is 1. The second kappa shape index (κ2) is 6.01. The van der Waals surface area contributed by atoms with Gasteiger partial charge in [0.25, 0.3) is 0 Å². The van der Waals surface area contributed by atoms with Crippen LogP contribution in [0.5, 0.6) is 5.75 Å². The maximum Gasteiger partial charge on any atom is 0.167 e. The number of aromatic hydroxyl groups is 1. The Labute approximate surface area is 140 Å². The van der Waals surface area contributed by atoms with Crippen LogP contribution in [0.4, 0.5) is 14.5 Å². The predicted molar refractivity (Wildman–Crippen MR) is 91.0 cm³/mol. The van der Waals surface area contributed by atoms with Gasteiger partial charge in [-0.05, 0) is 24.3 Å². The Hall–Kier alpha value is -2.40. The number of para-hydroxylation sites is 1. The Morgan fingerprint density at radius 3 is 2.04 bits per heavy atom. The van der Waals surface area contributed by atoms with Crippen LogP contribution < -0.4 is 5.73 Å². The van der Waals surface area contributed by atoms with Crippen LogP contribution in [-0.4, -0.2) is 5.11 Å². The molecule has 3 N–H and O–H groups in total. The van der Waals surface area contributed by atoms with E-state index in [9.17, 15) is 13.9 Å². The average Bonchev–Trinajstić information content (AvgIpc) is 2.53. The molecule has 0 bridgehead atoms. The molecule has 0 aliphatic carbocycles. The molecule has 0 spiro atoms. The molecule has 3 aromatic rings. The van der Waals surface area contributed by atoms with Crippen molar-refractivity contribution in [3.05, 3.63) is 70.7 Å². The lowest BCUT2D eigenvalue weighted by atomic mass is 9.97. The van der Waals surface area contributed by atoms with Crippen molar-refractivity contribution in [2.24, 2.45) is 0 Å². The number of rotatable bonds is 2. The third kappa shape index (κ3) is 2.80. The van der Waals surface area contributed by atoms with E-state index in [1.54, 1.807) is 30.3 Å². The van der Waals surface area contributed by atoms with Crippen LogP contribution in [0.15, 0.2) is 59.1 Å². The minimum Gasteiger partial charge on any atom is -0.507 e. The first-order valence-corrected chi connectivity index (χ1v) is 7.60. The number of anilines is 1. The minimum atomic E-state index is -1.03. The second-order valence-corrected chi connectivity index (χ2v) is 5.95. The quantitative estimate of drug-likeness (QED) is 0.593. The van der Waals surface area contributed by atoms with Crippen molar-refractivity contribution < 1.29 is 13.9 Å². The van der Waals surface area contributed by atoms with Gasteiger partial charge >= 0.3 is 0 Å². The van der Waals surface area contributed by atoms with Crippen molar-refractivity contribution in [2.45, 2.75) is 0 Å². The molecule has 0 aliphatic heterocycles. The van der Waals surface area contributed by atoms with Crippen molar-refractivity contribution in [2.75, 3.05) is 5.73 Å². The molecule has 3 rings (SSSR count). The predicted octanol–water partition coefficient (Wildman–Crippen LogP) is 5.35. The zero-order chi connectivity index (χ0) is 16.6. The fourth-order valence-electron chi connectivity index (χ4n) is 2.43. The molecule has 0 atom stereocenters. The highest BCUT2D eigenvalue weighted by atomic mass is 79.9. The minimum absolute atomic E-state index is 0.0143. The third-order valence-corrected chi connectivity index (χ3v) is 4.08. The lowest BCUT2D eigenvalue weighted by Gasteiger charge is -2.12. The molecular formula is C18H12BrF2NO. The first-order chi connectivity index (χ1) is 11.0. The number of phenolic OH excluding ortho intramolecular Hbond substituents is 1. The maximum atomic E-state index is 14.5. The van der Waals surface area contributed by atoms with E-state index in [0.717, 1.165) is 0 Å². The van der Waals surface area contributed by atoms with E-state index in [4.69, 9.17) is 5.73 Å². The lowest BCUT2D eigenvalue weighted by molar-refractivity contribution is 0.475. The summed E-state index contributed by atoms with van der Waals surface area (Å²) in [7, 11) is 0. The summed E-state index contributed by atoms with van der Waals surface area (Å²) in [6, 6.07) is 14.1. The molecule has 23 heavy (non-hydrogen) atoms. The Bertz CT molecular complexity index is 896. The van der Waals surface area contributed by atoms with Gasteiger partial charge in [-0.15, -0.1) is 0 Å². The molecule has 0 heterocycles. The molecule has 0 aromatic heterocycles. The molecule has 0 radical (unpaired) electrons. The molecule has 3 aromatic carbocycles. The van der Waals surface area contributed by atoms with E-state index in [0.29, 0.717) is 15.7 Å². The van der Waals surface area contributed by atoms with Crippen LogP contribution >= 0.6 is 15.9 Å².